The van der Waals surface area contributed by atoms with Crippen molar-refractivity contribution in [3.05, 3.63) is 113 Å². The maximum absolute atomic E-state index is 13.1. The van der Waals surface area contributed by atoms with Crippen LogP contribution in [0.15, 0.2) is 101 Å². The third kappa shape index (κ3) is 4.49. The van der Waals surface area contributed by atoms with Gasteiger partial charge in [0.15, 0.2) is 0 Å². The maximum atomic E-state index is 13.1. The zero-order chi connectivity index (χ0) is 24.6. The van der Waals surface area contributed by atoms with Crippen LogP contribution in [0.1, 0.15) is 29.3 Å². The van der Waals surface area contributed by atoms with Gasteiger partial charge in [-0.05, 0) is 48.7 Å². The molecule has 2 N–H and O–H groups in total. The van der Waals surface area contributed by atoms with Crippen molar-refractivity contribution in [1.29, 1.82) is 0 Å². The molecule has 1 aliphatic rings. The van der Waals surface area contributed by atoms with E-state index in [1.807, 2.05) is 65.4 Å². The van der Waals surface area contributed by atoms with Crippen LogP contribution in [-0.2, 0) is 15.6 Å². The molecule has 1 saturated carbocycles. The molecule has 7 nitrogen and oxygen atoms in total. The summed E-state index contributed by atoms with van der Waals surface area (Å²) in [6.45, 7) is 1.69. The van der Waals surface area contributed by atoms with Crippen LogP contribution in [-0.4, -0.2) is 24.0 Å². The van der Waals surface area contributed by atoms with Crippen LogP contribution in [0.3, 0.4) is 0 Å². The first kappa shape index (κ1) is 23.3. The Balaban J connectivity index is 1.50. The lowest BCUT2D eigenvalue weighted by atomic mass is 10.1. The van der Waals surface area contributed by atoms with Gasteiger partial charge in [-0.1, -0.05) is 70.5 Å². The van der Waals surface area contributed by atoms with Gasteiger partial charge in [-0.15, -0.1) is 0 Å². The van der Waals surface area contributed by atoms with Gasteiger partial charge >= 0.3 is 6.03 Å². The van der Waals surface area contributed by atoms with Crippen LogP contribution in [0.4, 0.5) is 4.79 Å². The number of aryl methyl sites for hydroxylation is 1. The number of hydrogen-bond donors (Lipinski definition) is 2. The normalized spacial score (nSPS) is 19.2. The first-order valence-electron chi connectivity index (χ1n) is 11.1. The van der Waals surface area contributed by atoms with Crippen molar-refractivity contribution >= 4 is 32.0 Å². The number of nitrogens with zero attached hydrogens (tertiary/aromatic N) is 2. The van der Waals surface area contributed by atoms with Gasteiger partial charge in [0.25, 0.3) is 10.0 Å². The number of halogens is 1. The van der Waals surface area contributed by atoms with Crippen LogP contribution in [0, 0.1) is 6.92 Å². The van der Waals surface area contributed by atoms with Gasteiger partial charge in [-0.2, -0.15) is 0 Å². The minimum Gasteiger partial charge on any atom is -0.324 e. The highest BCUT2D eigenvalue weighted by atomic mass is 79.9. The summed E-state index contributed by atoms with van der Waals surface area (Å²) >= 11 is 3.51. The van der Waals surface area contributed by atoms with Crippen LogP contribution >= 0.6 is 15.9 Å². The number of carbonyl (C=O) groups excluding carboxylic acids is 1. The fourth-order valence-electron chi connectivity index (χ4n) is 4.52. The van der Waals surface area contributed by atoms with Crippen molar-refractivity contribution in [3.63, 3.8) is 0 Å². The second-order valence-electron chi connectivity index (χ2n) is 8.56. The number of hydrogen-bond acceptors (Lipinski definition) is 4. The van der Waals surface area contributed by atoms with Crippen molar-refractivity contribution in [2.45, 2.75) is 29.7 Å². The molecule has 2 amide bonds. The molecule has 2 atom stereocenters. The van der Waals surface area contributed by atoms with Gasteiger partial charge < -0.3 is 9.88 Å². The topological polar surface area (TPSA) is 93.1 Å². The van der Waals surface area contributed by atoms with Crippen LogP contribution in [0.2, 0.25) is 0 Å². The van der Waals surface area contributed by atoms with E-state index < -0.39 is 21.6 Å². The number of carbonyl (C=O) groups is 1. The van der Waals surface area contributed by atoms with E-state index in [9.17, 15) is 13.2 Å². The van der Waals surface area contributed by atoms with Gasteiger partial charge in [0.1, 0.15) is 11.4 Å². The van der Waals surface area contributed by atoms with E-state index in [-0.39, 0.29) is 10.8 Å². The number of amides is 2. The minimum atomic E-state index is -4.05. The molecule has 0 radical (unpaired) electrons. The molecule has 1 unspecified atom stereocenters. The summed E-state index contributed by atoms with van der Waals surface area (Å²) < 4.78 is 30.9. The van der Waals surface area contributed by atoms with Gasteiger partial charge in [-0.25, -0.2) is 22.9 Å². The van der Waals surface area contributed by atoms with Crippen LogP contribution in [0.5, 0.6) is 0 Å². The summed E-state index contributed by atoms with van der Waals surface area (Å²) in [6, 6.07) is 23.3. The fourth-order valence-corrected chi connectivity index (χ4v) is 6.06. The Bertz CT molecular complexity index is 1500. The van der Waals surface area contributed by atoms with Gasteiger partial charge in [-0.3, -0.25) is 0 Å². The maximum Gasteiger partial charge on any atom is 0.329 e. The molecule has 35 heavy (non-hydrogen) atoms. The predicted molar refractivity (Wildman–Crippen MR) is 137 cm³/mol. The fraction of sp³-hybridized carbons (Fsp3) is 0.154. The minimum absolute atomic E-state index is 0.0650. The molecule has 178 valence electrons. The van der Waals surface area contributed by atoms with Gasteiger partial charge in [0, 0.05) is 28.5 Å². The Morgan fingerprint density at radius 1 is 1.06 bits per heavy atom. The molecule has 1 fully saturated rings. The first-order chi connectivity index (χ1) is 16.8. The first-order valence-corrected chi connectivity index (χ1v) is 13.3. The highest BCUT2D eigenvalue weighted by Gasteiger charge is 2.60. The molecular formula is C26H23BrN4O3S. The number of benzene rings is 3. The zero-order valence-corrected chi connectivity index (χ0v) is 21.3. The quantitative estimate of drug-likeness (QED) is 0.352. The second kappa shape index (κ2) is 8.98. The summed E-state index contributed by atoms with van der Waals surface area (Å²) in [5.74, 6) is 0.566. The number of imidazole rings is 1. The van der Waals surface area contributed by atoms with Crippen LogP contribution < -0.4 is 10.0 Å². The van der Waals surface area contributed by atoms with E-state index >= 15 is 0 Å². The summed E-state index contributed by atoms with van der Waals surface area (Å²) in [6.07, 6.45) is 4.10. The molecule has 5 rings (SSSR count). The van der Waals surface area contributed by atoms with E-state index in [2.05, 4.69) is 31.0 Å². The smallest absolute Gasteiger partial charge is 0.324 e. The standard InChI is InChI=1S/C26H23BrN4O3S/c1-18-8-5-6-13-23(18)35(33,34)30-25(32)29-26(17-22(26)19-9-3-2-4-10-19)24-28-14-15-31(24)21-12-7-11-20(27)16-21/h2-16,22H,17H2,1H3,(H2,29,30,32)/t22?,26-/m0/s1. The molecule has 0 spiro atoms. The average Bonchev–Trinajstić information content (AvgIpc) is 3.32. The van der Waals surface area contributed by atoms with Gasteiger partial charge in [0.05, 0.1) is 4.90 Å². The van der Waals surface area contributed by atoms with E-state index in [0.717, 1.165) is 15.7 Å². The highest BCUT2D eigenvalue weighted by Crippen LogP contribution is 2.58. The number of sulfonamides is 1. The molecular weight excluding hydrogens is 528 g/mol. The molecule has 9 heteroatoms. The van der Waals surface area contributed by atoms with Crippen molar-refractivity contribution in [1.82, 2.24) is 19.6 Å². The van der Waals surface area contributed by atoms with E-state index in [1.165, 1.54) is 6.07 Å². The zero-order valence-electron chi connectivity index (χ0n) is 18.9. The van der Waals surface area contributed by atoms with Crippen LogP contribution in [0.25, 0.3) is 5.69 Å². The third-order valence-electron chi connectivity index (χ3n) is 6.24. The number of aromatic nitrogens is 2. The molecule has 0 saturated heterocycles. The SMILES string of the molecule is Cc1ccccc1S(=O)(=O)NC(=O)N[C@@]1(c2nccn2-c2cccc(Br)c2)CC1c1ccccc1. The molecule has 1 heterocycles. The Labute approximate surface area is 212 Å². The van der Waals surface area contributed by atoms with Crippen molar-refractivity contribution < 1.29 is 13.2 Å². The third-order valence-corrected chi connectivity index (χ3v) is 8.22. The Morgan fingerprint density at radius 2 is 1.80 bits per heavy atom. The van der Waals surface area contributed by atoms with Crippen molar-refractivity contribution in [2.24, 2.45) is 0 Å². The Morgan fingerprint density at radius 3 is 2.54 bits per heavy atom. The average molecular weight is 551 g/mol. The summed E-state index contributed by atoms with van der Waals surface area (Å²) in [7, 11) is -4.05. The molecule has 1 aliphatic carbocycles. The lowest BCUT2D eigenvalue weighted by Gasteiger charge is -2.22. The molecule has 3 aromatic carbocycles. The summed E-state index contributed by atoms with van der Waals surface area (Å²) in [5, 5.41) is 2.96. The lowest BCUT2D eigenvalue weighted by molar-refractivity contribution is 0.239. The monoisotopic (exact) mass is 550 g/mol. The summed E-state index contributed by atoms with van der Waals surface area (Å²) in [4.78, 5) is 17.8. The van der Waals surface area contributed by atoms with Crippen molar-refractivity contribution in [2.75, 3.05) is 0 Å². The van der Waals surface area contributed by atoms with Crippen molar-refractivity contribution in [3.8, 4) is 5.69 Å². The Kier molecular flexibility index (Phi) is 5.98. The van der Waals surface area contributed by atoms with Gasteiger partial charge in [0.2, 0.25) is 0 Å². The van der Waals surface area contributed by atoms with E-state index in [1.54, 1.807) is 31.3 Å². The Hall–Kier alpha value is -3.43. The number of nitrogens with one attached hydrogen (secondary N) is 2. The highest BCUT2D eigenvalue weighted by molar-refractivity contribution is 9.10. The molecule has 4 aromatic rings. The molecule has 1 aromatic heterocycles. The number of rotatable bonds is 6. The lowest BCUT2D eigenvalue weighted by Crippen LogP contribution is -2.46. The molecule has 0 bridgehead atoms. The second-order valence-corrected chi connectivity index (χ2v) is 11.1. The largest absolute Gasteiger partial charge is 0.329 e. The predicted octanol–water partition coefficient (Wildman–Crippen LogP) is 5.01. The summed E-state index contributed by atoms with van der Waals surface area (Å²) in [5.41, 5.74) is 1.60. The van der Waals surface area contributed by atoms with E-state index in [4.69, 9.17) is 0 Å². The number of urea groups is 1. The molecule has 0 aliphatic heterocycles. The van der Waals surface area contributed by atoms with E-state index in [0.29, 0.717) is 17.8 Å².